The number of pyridine rings is 1. The van der Waals surface area contributed by atoms with E-state index < -0.39 is 11.7 Å². The number of aliphatic hydroxyl groups is 1. The summed E-state index contributed by atoms with van der Waals surface area (Å²) < 4.78 is 14.0. The molecule has 3 N–H and O–H groups in total. The summed E-state index contributed by atoms with van der Waals surface area (Å²) in [6.45, 7) is -0.290. The molecule has 0 fully saturated rings. The van der Waals surface area contributed by atoms with Crippen molar-refractivity contribution in [3.8, 4) is 11.1 Å². The number of halogens is 2. The summed E-state index contributed by atoms with van der Waals surface area (Å²) in [7, 11) is 0. The van der Waals surface area contributed by atoms with Gasteiger partial charge in [-0.1, -0.05) is 11.6 Å². The zero-order valence-electron chi connectivity index (χ0n) is 10.4. The van der Waals surface area contributed by atoms with Crippen LogP contribution in [0.25, 0.3) is 11.1 Å². The Morgan fingerprint density at radius 3 is 2.70 bits per heavy atom. The van der Waals surface area contributed by atoms with Gasteiger partial charge in [0.1, 0.15) is 5.82 Å². The number of hydrogen-bond acceptors (Lipinski definition) is 3. The lowest BCUT2D eigenvalue weighted by Crippen LogP contribution is -2.14. The summed E-state index contributed by atoms with van der Waals surface area (Å²) in [4.78, 5) is 14.9. The summed E-state index contributed by atoms with van der Waals surface area (Å²) in [6.07, 6.45) is 1.36. The van der Waals surface area contributed by atoms with E-state index in [9.17, 15) is 14.3 Å². The van der Waals surface area contributed by atoms with Crippen molar-refractivity contribution in [2.45, 2.75) is 13.0 Å². The summed E-state index contributed by atoms with van der Waals surface area (Å²) in [5, 5.41) is 9.60. The van der Waals surface area contributed by atoms with Crippen LogP contribution in [0.3, 0.4) is 0 Å². The van der Waals surface area contributed by atoms with Crippen LogP contribution in [0.15, 0.2) is 30.5 Å². The van der Waals surface area contributed by atoms with Gasteiger partial charge in [0, 0.05) is 22.3 Å². The van der Waals surface area contributed by atoms with E-state index >= 15 is 0 Å². The molecule has 4 nitrogen and oxygen atoms in total. The van der Waals surface area contributed by atoms with Crippen LogP contribution in [0.1, 0.15) is 11.3 Å². The summed E-state index contributed by atoms with van der Waals surface area (Å²) in [5.74, 6) is -1.04. The van der Waals surface area contributed by atoms with E-state index in [-0.39, 0.29) is 23.6 Å². The maximum Gasteiger partial charge on any atom is 0.223 e. The minimum absolute atomic E-state index is 0.0477. The molecule has 0 unspecified atom stereocenters. The minimum Gasteiger partial charge on any atom is -0.392 e. The Kier molecular flexibility index (Phi) is 4.32. The Bertz CT molecular complexity index is 662. The van der Waals surface area contributed by atoms with Gasteiger partial charge in [0.2, 0.25) is 5.91 Å². The molecule has 0 saturated heterocycles. The topological polar surface area (TPSA) is 76.2 Å². The molecule has 1 heterocycles. The number of benzene rings is 1. The SMILES string of the molecule is NC(=O)Cc1cc(-c2ccc(Cl)cc2F)c(CO)cn1. The summed E-state index contributed by atoms with van der Waals surface area (Å²) in [6, 6.07) is 5.80. The van der Waals surface area contributed by atoms with E-state index in [0.717, 1.165) is 0 Å². The molecule has 2 rings (SSSR count). The number of aliphatic hydroxyl groups excluding tert-OH is 1. The third kappa shape index (κ3) is 3.12. The van der Waals surface area contributed by atoms with Crippen molar-refractivity contribution in [3.63, 3.8) is 0 Å². The lowest BCUT2D eigenvalue weighted by Gasteiger charge is -2.10. The Labute approximate surface area is 120 Å². The molecule has 6 heteroatoms. The molecule has 0 saturated carbocycles. The van der Waals surface area contributed by atoms with Crippen molar-refractivity contribution < 1.29 is 14.3 Å². The van der Waals surface area contributed by atoms with Gasteiger partial charge in [-0.15, -0.1) is 0 Å². The van der Waals surface area contributed by atoms with Gasteiger partial charge >= 0.3 is 0 Å². The van der Waals surface area contributed by atoms with E-state index in [2.05, 4.69) is 4.98 Å². The van der Waals surface area contributed by atoms with E-state index in [1.165, 1.54) is 18.3 Å². The number of carbonyl (C=O) groups is 1. The van der Waals surface area contributed by atoms with Gasteiger partial charge in [-0.05, 0) is 29.8 Å². The highest BCUT2D eigenvalue weighted by atomic mass is 35.5. The molecule has 20 heavy (non-hydrogen) atoms. The molecule has 0 aliphatic rings. The van der Waals surface area contributed by atoms with Crippen LogP contribution in [0.2, 0.25) is 5.02 Å². The second-order valence-corrected chi connectivity index (χ2v) is 4.69. The molecule has 1 aromatic heterocycles. The third-order valence-corrected chi connectivity index (χ3v) is 3.03. The molecule has 0 aliphatic carbocycles. The average molecular weight is 295 g/mol. The zero-order valence-corrected chi connectivity index (χ0v) is 11.2. The van der Waals surface area contributed by atoms with Crippen molar-refractivity contribution in [1.29, 1.82) is 0 Å². The lowest BCUT2D eigenvalue weighted by atomic mass is 10.00. The Morgan fingerprint density at radius 2 is 2.10 bits per heavy atom. The molecule has 0 atom stereocenters. The third-order valence-electron chi connectivity index (χ3n) is 2.79. The highest BCUT2D eigenvalue weighted by molar-refractivity contribution is 6.30. The predicted molar refractivity (Wildman–Crippen MR) is 73.5 cm³/mol. The average Bonchev–Trinajstić information content (AvgIpc) is 2.38. The smallest absolute Gasteiger partial charge is 0.223 e. The predicted octanol–water partition coefficient (Wildman–Crippen LogP) is 2.06. The maximum absolute atomic E-state index is 14.0. The van der Waals surface area contributed by atoms with Crippen LogP contribution in [0, 0.1) is 5.82 Å². The van der Waals surface area contributed by atoms with Crippen LogP contribution < -0.4 is 5.73 Å². The fraction of sp³-hybridized carbons (Fsp3) is 0.143. The van der Waals surface area contributed by atoms with Crippen LogP contribution in [0.5, 0.6) is 0 Å². The van der Waals surface area contributed by atoms with Gasteiger partial charge < -0.3 is 10.8 Å². The summed E-state index contributed by atoms with van der Waals surface area (Å²) >= 11 is 5.72. The lowest BCUT2D eigenvalue weighted by molar-refractivity contribution is -0.117. The van der Waals surface area contributed by atoms with E-state index in [4.69, 9.17) is 17.3 Å². The van der Waals surface area contributed by atoms with Crippen molar-refractivity contribution in [1.82, 2.24) is 4.98 Å². The second-order valence-electron chi connectivity index (χ2n) is 4.26. The highest BCUT2D eigenvalue weighted by Gasteiger charge is 2.12. The molecule has 2 aromatic rings. The zero-order chi connectivity index (χ0) is 14.7. The molecule has 0 spiro atoms. The Morgan fingerprint density at radius 1 is 1.35 bits per heavy atom. The first-order valence-corrected chi connectivity index (χ1v) is 6.21. The first-order chi connectivity index (χ1) is 9.51. The monoisotopic (exact) mass is 294 g/mol. The number of amides is 1. The number of nitrogens with two attached hydrogens (primary N) is 1. The number of rotatable bonds is 4. The van der Waals surface area contributed by atoms with Crippen LogP contribution in [0.4, 0.5) is 4.39 Å². The fourth-order valence-corrected chi connectivity index (χ4v) is 2.05. The standard InChI is InChI=1S/C14H12ClFN2O2/c15-9-1-2-11(13(16)3-9)12-4-10(5-14(17)20)18-6-8(12)7-19/h1-4,6,19H,5,7H2,(H2,17,20). The Balaban J connectivity index is 2.55. The molecule has 0 aliphatic heterocycles. The van der Waals surface area contributed by atoms with Gasteiger partial charge in [0.05, 0.1) is 18.7 Å². The van der Waals surface area contributed by atoms with Gasteiger partial charge in [0.15, 0.2) is 0 Å². The first kappa shape index (κ1) is 14.4. The molecular weight excluding hydrogens is 283 g/mol. The van der Waals surface area contributed by atoms with Gasteiger partial charge in [-0.2, -0.15) is 0 Å². The van der Waals surface area contributed by atoms with E-state index in [1.807, 2.05) is 0 Å². The number of primary amides is 1. The number of carbonyl (C=O) groups excluding carboxylic acids is 1. The van der Waals surface area contributed by atoms with E-state index in [1.54, 1.807) is 12.1 Å². The quantitative estimate of drug-likeness (QED) is 0.906. The minimum atomic E-state index is -0.531. The molecule has 0 radical (unpaired) electrons. The van der Waals surface area contributed by atoms with E-state index in [0.29, 0.717) is 16.8 Å². The molecular formula is C14H12ClFN2O2. The largest absolute Gasteiger partial charge is 0.392 e. The van der Waals surface area contributed by atoms with Gasteiger partial charge in [-0.25, -0.2) is 4.39 Å². The Hall–Kier alpha value is -1.98. The molecule has 0 bridgehead atoms. The second kappa shape index (κ2) is 5.98. The van der Waals surface area contributed by atoms with Gasteiger partial charge in [-0.3, -0.25) is 9.78 Å². The first-order valence-electron chi connectivity index (χ1n) is 5.83. The highest BCUT2D eigenvalue weighted by Crippen LogP contribution is 2.28. The van der Waals surface area contributed by atoms with Crippen LogP contribution in [-0.2, 0) is 17.8 Å². The maximum atomic E-state index is 14.0. The van der Waals surface area contributed by atoms with Crippen LogP contribution >= 0.6 is 11.6 Å². The van der Waals surface area contributed by atoms with Gasteiger partial charge in [0.25, 0.3) is 0 Å². The summed E-state index contributed by atoms with van der Waals surface area (Å²) in [5.41, 5.74) is 6.74. The van der Waals surface area contributed by atoms with Crippen molar-refractivity contribution in [2.75, 3.05) is 0 Å². The number of aromatic nitrogens is 1. The van der Waals surface area contributed by atoms with Crippen LogP contribution in [-0.4, -0.2) is 16.0 Å². The fourth-order valence-electron chi connectivity index (χ4n) is 1.89. The number of hydrogen-bond donors (Lipinski definition) is 2. The van der Waals surface area contributed by atoms with Crippen molar-refractivity contribution in [2.24, 2.45) is 5.73 Å². The number of nitrogens with zero attached hydrogens (tertiary/aromatic N) is 1. The molecule has 1 aromatic carbocycles. The normalized spacial score (nSPS) is 10.6. The van der Waals surface area contributed by atoms with Crippen molar-refractivity contribution >= 4 is 17.5 Å². The molecule has 1 amide bonds. The van der Waals surface area contributed by atoms with Crippen molar-refractivity contribution in [3.05, 3.63) is 52.6 Å². The molecule has 104 valence electrons.